The molecule has 0 saturated heterocycles. The van der Waals surface area contributed by atoms with Crippen LogP contribution in [0.2, 0.25) is 0 Å². The van der Waals surface area contributed by atoms with Crippen molar-refractivity contribution in [1.29, 1.82) is 5.41 Å². The highest BCUT2D eigenvalue weighted by Gasteiger charge is 2.23. The van der Waals surface area contributed by atoms with E-state index in [0.717, 1.165) is 18.5 Å². The minimum Gasteiger partial charge on any atom is -0.312 e. The molecule has 1 aliphatic carbocycles. The third-order valence-electron chi connectivity index (χ3n) is 4.12. The van der Waals surface area contributed by atoms with E-state index in [-0.39, 0.29) is 17.7 Å². The highest BCUT2D eigenvalue weighted by molar-refractivity contribution is 5.75. The van der Waals surface area contributed by atoms with Crippen molar-refractivity contribution >= 4 is 12.0 Å². The van der Waals surface area contributed by atoms with Crippen molar-refractivity contribution in [3.8, 4) is 0 Å². The van der Waals surface area contributed by atoms with Gasteiger partial charge in [-0.05, 0) is 34.2 Å². The minimum absolute atomic E-state index is 0.163. The van der Waals surface area contributed by atoms with Gasteiger partial charge in [0.1, 0.15) is 5.78 Å². The van der Waals surface area contributed by atoms with Crippen LogP contribution in [-0.4, -0.2) is 36.5 Å². The highest BCUT2D eigenvalue weighted by atomic mass is 16.1. The van der Waals surface area contributed by atoms with Crippen molar-refractivity contribution in [3.05, 3.63) is 36.0 Å². The van der Waals surface area contributed by atoms with E-state index in [2.05, 4.69) is 43.7 Å². The first-order valence-corrected chi connectivity index (χ1v) is 7.57. The molecule has 116 valence electrons. The van der Waals surface area contributed by atoms with Gasteiger partial charge in [-0.25, -0.2) is 0 Å². The van der Waals surface area contributed by atoms with Gasteiger partial charge in [-0.2, -0.15) is 0 Å². The largest absolute Gasteiger partial charge is 0.312 e. The normalized spacial score (nSPS) is 22.8. The van der Waals surface area contributed by atoms with E-state index in [1.54, 1.807) is 6.92 Å². The maximum atomic E-state index is 11.2. The Kier molecular flexibility index (Phi) is 6.76. The predicted octanol–water partition coefficient (Wildman–Crippen LogP) is 3.63. The standard InChI is InChI=1S/C18H28N2O/c1-13(2)18(9-7-15(4)21)20(5)12-16-8-6-14(3)10-17(16)11-19/h6,8,10-11,16-19H,1,7,9,12H2,2-5H3. The summed E-state index contributed by atoms with van der Waals surface area (Å²) < 4.78 is 0. The molecule has 0 fully saturated rings. The van der Waals surface area contributed by atoms with E-state index in [1.807, 2.05) is 6.92 Å². The number of Topliss-reactive ketones (excluding diaryl/α,β-unsaturated/α-hetero) is 1. The van der Waals surface area contributed by atoms with Crippen LogP contribution in [0.1, 0.15) is 33.6 Å². The van der Waals surface area contributed by atoms with Gasteiger partial charge in [0, 0.05) is 37.1 Å². The molecule has 0 heterocycles. The fraction of sp³-hybridized carbons (Fsp3) is 0.556. The number of hydrogen-bond acceptors (Lipinski definition) is 3. The van der Waals surface area contributed by atoms with Gasteiger partial charge in [0.25, 0.3) is 0 Å². The Hall–Kier alpha value is -1.48. The first-order valence-electron chi connectivity index (χ1n) is 7.57. The van der Waals surface area contributed by atoms with Gasteiger partial charge in [0.05, 0.1) is 0 Å². The number of ketones is 1. The first kappa shape index (κ1) is 17.6. The molecule has 0 aliphatic heterocycles. The number of nitrogens with one attached hydrogen (secondary N) is 1. The molecule has 0 amide bonds. The Morgan fingerprint density at radius 1 is 1.52 bits per heavy atom. The predicted molar refractivity (Wildman–Crippen MR) is 89.8 cm³/mol. The summed E-state index contributed by atoms with van der Waals surface area (Å²) in [5, 5.41) is 7.61. The van der Waals surface area contributed by atoms with Gasteiger partial charge in [0.2, 0.25) is 0 Å². The number of nitrogens with zero attached hydrogens (tertiary/aromatic N) is 1. The summed E-state index contributed by atoms with van der Waals surface area (Å²) >= 11 is 0. The maximum absolute atomic E-state index is 11.2. The SMILES string of the molecule is C=C(C)C(CCC(C)=O)N(C)CC1C=CC(C)=CC1C=N. The third-order valence-corrected chi connectivity index (χ3v) is 4.12. The molecule has 0 bridgehead atoms. The Bertz CT molecular complexity index is 462. The fourth-order valence-corrected chi connectivity index (χ4v) is 2.88. The Balaban J connectivity index is 2.70. The molecule has 0 saturated carbocycles. The van der Waals surface area contributed by atoms with Crippen molar-refractivity contribution in [2.24, 2.45) is 11.8 Å². The Labute approximate surface area is 128 Å². The van der Waals surface area contributed by atoms with E-state index in [0.29, 0.717) is 12.3 Å². The summed E-state index contributed by atoms with van der Waals surface area (Å²) in [5.74, 6) is 0.703. The van der Waals surface area contributed by atoms with Crippen LogP contribution in [0, 0.1) is 17.2 Å². The quantitative estimate of drug-likeness (QED) is 0.547. The summed E-state index contributed by atoms with van der Waals surface area (Å²) in [7, 11) is 2.08. The van der Waals surface area contributed by atoms with Gasteiger partial charge in [-0.1, -0.05) is 36.0 Å². The topological polar surface area (TPSA) is 44.2 Å². The van der Waals surface area contributed by atoms with Crippen LogP contribution in [0.3, 0.4) is 0 Å². The van der Waals surface area contributed by atoms with Crippen LogP contribution in [0.4, 0.5) is 0 Å². The molecular weight excluding hydrogens is 260 g/mol. The second-order valence-corrected chi connectivity index (χ2v) is 6.22. The van der Waals surface area contributed by atoms with E-state index in [9.17, 15) is 4.79 Å². The lowest BCUT2D eigenvalue weighted by atomic mass is 9.86. The Morgan fingerprint density at radius 2 is 2.19 bits per heavy atom. The van der Waals surface area contributed by atoms with E-state index >= 15 is 0 Å². The lowest BCUT2D eigenvalue weighted by Crippen LogP contribution is -2.38. The van der Waals surface area contributed by atoms with Crippen molar-refractivity contribution in [2.45, 2.75) is 39.7 Å². The highest BCUT2D eigenvalue weighted by Crippen LogP contribution is 2.24. The van der Waals surface area contributed by atoms with Gasteiger partial charge in [-0.3, -0.25) is 4.90 Å². The number of rotatable bonds is 8. The number of hydrogen-bond donors (Lipinski definition) is 1. The molecular formula is C18H28N2O. The number of allylic oxidation sites excluding steroid dienone is 3. The first-order chi connectivity index (χ1) is 9.85. The molecule has 0 spiro atoms. The van der Waals surface area contributed by atoms with Gasteiger partial charge in [0.15, 0.2) is 0 Å². The summed E-state index contributed by atoms with van der Waals surface area (Å²) in [5.41, 5.74) is 2.31. The molecule has 3 nitrogen and oxygen atoms in total. The number of likely N-dealkylation sites (N-methyl/N-ethyl adjacent to an activating group) is 1. The van der Waals surface area contributed by atoms with Gasteiger partial charge >= 0.3 is 0 Å². The van der Waals surface area contributed by atoms with Crippen molar-refractivity contribution in [1.82, 2.24) is 4.90 Å². The zero-order valence-corrected chi connectivity index (χ0v) is 13.7. The fourth-order valence-electron chi connectivity index (χ4n) is 2.88. The van der Waals surface area contributed by atoms with Crippen LogP contribution in [-0.2, 0) is 4.79 Å². The summed E-state index contributed by atoms with van der Waals surface area (Å²) in [6.45, 7) is 10.7. The summed E-state index contributed by atoms with van der Waals surface area (Å²) in [4.78, 5) is 13.5. The van der Waals surface area contributed by atoms with E-state index in [4.69, 9.17) is 5.41 Å². The van der Waals surface area contributed by atoms with Crippen LogP contribution in [0.5, 0.6) is 0 Å². The zero-order chi connectivity index (χ0) is 16.0. The molecule has 0 radical (unpaired) electrons. The zero-order valence-electron chi connectivity index (χ0n) is 13.7. The summed E-state index contributed by atoms with van der Waals surface area (Å²) in [6.07, 6.45) is 9.41. The molecule has 21 heavy (non-hydrogen) atoms. The van der Waals surface area contributed by atoms with Gasteiger partial charge in [-0.15, -0.1) is 0 Å². The molecule has 3 heteroatoms. The smallest absolute Gasteiger partial charge is 0.129 e. The lowest BCUT2D eigenvalue weighted by molar-refractivity contribution is -0.117. The van der Waals surface area contributed by atoms with E-state index in [1.165, 1.54) is 11.8 Å². The van der Waals surface area contributed by atoms with E-state index < -0.39 is 0 Å². The Morgan fingerprint density at radius 3 is 2.71 bits per heavy atom. The van der Waals surface area contributed by atoms with Crippen LogP contribution < -0.4 is 0 Å². The number of carbonyl (C=O) groups is 1. The van der Waals surface area contributed by atoms with Crippen molar-refractivity contribution < 1.29 is 4.79 Å². The molecule has 1 aliphatic rings. The molecule has 0 aromatic carbocycles. The third kappa shape index (κ3) is 5.43. The van der Waals surface area contributed by atoms with Crippen LogP contribution in [0.25, 0.3) is 0 Å². The number of carbonyl (C=O) groups excluding carboxylic acids is 1. The average Bonchev–Trinajstić information content (AvgIpc) is 2.40. The van der Waals surface area contributed by atoms with Gasteiger partial charge < -0.3 is 10.2 Å². The minimum atomic E-state index is 0.163. The monoisotopic (exact) mass is 288 g/mol. The van der Waals surface area contributed by atoms with Crippen molar-refractivity contribution in [3.63, 3.8) is 0 Å². The molecule has 1 rings (SSSR count). The average molecular weight is 288 g/mol. The maximum Gasteiger partial charge on any atom is 0.129 e. The molecule has 1 N–H and O–H groups in total. The van der Waals surface area contributed by atoms with Crippen LogP contribution >= 0.6 is 0 Å². The van der Waals surface area contributed by atoms with Crippen molar-refractivity contribution in [2.75, 3.05) is 13.6 Å². The second kappa shape index (κ2) is 8.08. The summed E-state index contributed by atoms with van der Waals surface area (Å²) in [6, 6.07) is 0.223. The van der Waals surface area contributed by atoms with Crippen LogP contribution in [0.15, 0.2) is 36.0 Å². The molecule has 0 aromatic heterocycles. The second-order valence-electron chi connectivity index (χ2n) is 6.22. The lowest BCUT2D eigenvalue weighted by Gasteiger charge is -2.33. The molecule has 0 aromatic rings. The molecule has 3 atom stereocenters. The molecule has 3 unspecified atom stereocenters.